The van der Waals surface area contributed by atoms with Gasteiger partial charge in [-0.1, -0.05) is 6.42 Å². The number of aliphatic carboxylic acids is 1. The number of carboxylic acids is 1. The number of aromatic nitrogens is 2. The van der Waals surface area contributed by atoms with Gasteiger partial charge < -0.3 is 5.11 Å². The van der Waals surface area contributed by atoms with Crippen LogP contribution in [0.25, 0.3) is 0 Å². The van der Waals surface area contributed by atoms with Crippen molar-refractivity contribution in [2.75, 3.05) is 0 Å². The second kappa shape index (κ2) is 3.44. The SMILES string of the molecule is Cc1cnn(C2CCCC2C(=O)O)c1. The van der Waals surface area contributed by atoms with E-state index in [2.05, 4.69) is 5.10 Å². The molecule has 1 aliphatic rings. The molecule has 1 N–H and O–H groups in total. The Morgan fingerprint density at radius 2 is 2.43 bits per heavy atom. The largest absolute Gasteiger partial charge is 0.481 e. The molecule has 1 saturated carbocycles. The van der Waals surface area contributed by atoms with Gasteiger partial charge in [-0.3, -0.25) is 9.48 Å². The van der Waals surface area contributed by atoms with Crippen molar-refractivity contribution < 1.29 is 9.90 Å². The third-order valence-corrected chi connectivity index (χ3v) is 2.87. The maximum Gasteiger partial charge on any atom is 0.308 e. The average molecular weight is 194 g/mol. The van der Waals surface area contributed by atoms with Gasteiger partial charge in [0.2, 0.25) is 0 Å². The third kappa shape index (κ3) is 1.52. The summed E-state index contributed by atoms with van der Waals surface area (Å²) in [4.78, 5) is 11.0. The van der Waals surface area contributed by atoms with Gasteiger partial charge in [-0.2, -0.15) is 5.10 Å². The van der Waals surface area contributed by atoms with Crippen LogP contribution in [0.15, 0.2) is 12.4 Å². The lowest BCUT2D eigenvalue weighted by molar-refractivity contribution is -0.142. The Morgan fingerprint density at radius 3 is 3.00 bits per heavy atom. The van der Waals surface area contributed by atoms with Crippen molar-refractivity contribution in [1.29, 1.82) is 0 Å². The average Bonchev–Trinajstić information content (AvgIpc) is 2.70. The standard InChI is InChI=1S/C10H14N2O2/c1-7-5-11-12(6-7)9-4-2-3-8(9)10(13)14/h5-6,8-9H,2-4H2,1H3,(H,13,14). The molecule has 4 nitrogen and oxygen atoms in total. The summed E-state index contributed by atoms with van der Waals surface area (Å²) in [5, 5.41) is 13.2. The quantitative estimate of drug-likeness (QED) is 0.778. The zero-order valence-electron chi connectivity index (χ0n) is 8.18. The molecule has 2 atom stereocenters. The molecule has 0 spiro atoms. The van der Waals surface area contributed by atoms with E-state index in [1.807, 2.05) is 13.1 Å². The van der Waals surface area contributed by atoms with Gasteiger partial charge in [0.05, 0.1) is 18.2 Å². The molecule has 1 fully saturated rings. The molecule has 0 amide bonds. The minimum absolute atomic E-state index is 0.0567. The van der Waals surface area contributed by atoms with Crippen molar-refractivity contribution >= 4 is 5.97 Å². The first-order valence-electron chi connectivity index (χ1n) is 4.92. The monoisotopic (exact) mass is 194 g/mol. The Labute approximate surface area is 82.5 Å². The predicted octanol–water partition coefficient (Wildman–Crippen LogP) is 1.62. The van der Waals surface area contributed by atoms with Crippen molar-refractivity contribution in [3.8, 4) is 0 Å². The first-order valence-corrected chi connectivity index (χ1v) is 4.92. The Kier molecular flexibility index (Phi) is 2.27. The summed E-state index contributed by atoms with van der Waals surface area (Å²) >= 11 is 0. The van der Waals surface area contributed by atoms with Crippen LogP contribution < -0.4 is 0 Å². The van der Waals surface area contributed by atoms with Gasteiger partial charge in [-0.15, -0.1) is 0 Å². The van der Waals surface area contributed by atoms with Crippen molar-refractivity contribution in [1.82, 2.24) is 9.78 Å². The first kappa shape index (κ1) is 9.24. The molecule has 1 aliphatic carbocycles. The van der Waals surface area contributed by atoms with Gasteiger partial charge in [-0.05, 0) is 25.3 Å². The maximum absolute atomic E-state index is 11.0. The van der Waals surface area contributed by atoms with E-state index >= 15 is 0 Å². The van der Waals surface area contributed by atoms with E-state index < -0.39 is 5.97 Å². The van der Waals surface area contributed by atoms with Crippen LogP contribution in [0, 0.1) is 12.8 Å². The van der Waals surface area contributed by atoms with E-state index in [0.29, 0.717) is 0 Å². The van der Waals surface area contributed by atoms with E-state index in [9.17, 15) is 4.79 Å². The van der Waals surface area contributed by atoms with E-state index in [1.165, 1.54) is 0 Å². The lowest BCUT2D eigenvalue weighted by Gasteiger charge is -2.15. The van der Waals surface area contributed by atoms with Gasteiger partial charge in [0.15, 0.2) is 0 Å². The maximum atomic E-state index is 11.0. The van der Waals surface area contributed by atoms with Gasteiger partial charge in [0.25, 0.3) is 0 Å². The van der Waals surface area contributed by atoms with Gasteiger partial charge >= 0.3 is 5.97 Å². The molecule has 2 unspecified atom stereocenters. The summed E-state index contributed by atoms with van der Waals surface area (Å²) in [6.45, 7) is 1.97. The minimum atomic E-state index is -0.694. The molecule has 1 aromatic heterocycles. The van der Waals surface area contributed by atoms with Crippen molar-refractivity contribution in [3.63, 3.8) is 0 Å². The Morgan fingerprint density at radius 1 is 1.64 bits per heavy atom. The van der Waals surface area contributed by atoms with Crippen molar-refractivity contribution in [2.24, 2.45) is 5.92 Å². The Bertz CT molecular complexity index is 346. The zero-order valence-corrected chi connectivity index (χ0v) is 8.18. The van der Waals surface area contributed by atoms with E-state index in [-0.39, 0.29) is 12.0 Å². The summed E-state index contributed by atoms with van der Waals surface area (Å²) in [6, 6.07) is 0.0567. The van der Waals surface area contributed by atoms with Crippen LogP contribution >= 0.6 is 0 Å². The molecule has 1 heterocycles. The predicted molar refractivity (Wildman–Crippen MR) is 51.0 cm³/mol. The van der Waals surface area contributed by atoms with Gasteiger partial charge in [0, 0.05) is 6.20 Å². The molecule has 4 heteroatoms. The number of aryl methyl sites for hydroxylation is 1. The highest BCUT2D eigenvalue weighted by molar-refractivity contribution is 5.71. The Balaban J connectivity index is 2.21. The summed E-state index contributed by atoms with van der Waals surface area (Å²) in [6.07, 6.45) is 6.39. The minimum Gasteiger partial charge on any atom is -0.481 e. The lowest BCUT2D eigenvalue weighted by atomic mass is 10.0. The highest BCUT2D eigenvalue weighted by Crippen LogP contribution is 2.35. The number of carbonyl (C=O) groups is 1. The van der Waals surface area contributed by atoms with Crippen molar-refractivity contribution in [3.05, 3.63) is 18.0 Å². The normalized spacial score (nSPS) is 26.6. The molecular formula is C10H14N2O2. The molecule has 76 valence electrons. The molecule has 0 saturated heterocycles. The topological polar surface area (TPSA) is 55.1 Å². The van der Waals surface area contributed by atoms with Crippen LogP contribution in [0.1, 0.15) is 30.9 Å². The summed E-state index contributed by atoms with van der Waals surface area (Å²) < 4.78 is 1.81. The highest BCUT2D eigenvalue weighted by Gasteiger charge is 2.34. The van der Waals surface area contributed by atoms with Gasteiger partial charge in [0.1, 0.15) is 0 Å². The van der Waals surface area contributed by atoms with Crippen LogP contribution in [0.4, 0.5) is 0 Å². The van der Waals surface area contributed by atoms with Gasteiger partial charge in [-0.25, -0.2) is 0 Å². The second-order valence-electron chi connectivity index (χ2n) is 3.94. The molecule has 14 heavy (non-hydrogen) atoms. The molecular weight excluding hydrogens is 180 g/mol. The van der Waals surface area contributed by atoms with E-state index in [0.717, 1.165) is 24.8 Å². The zero-order chi connectivity index (χ0) is 10.1. The molecule has 2 rings (SSSR count). The fraction of sp³-hybridized carbons (Fsp3) is 0.600. The van der Waals surface area contributed by atoms with Crippen LogP contribution in [-0.4, -0.2) is 20.9 Å². The smallest absolute Gasteiger partial charge is 0.308 e. The number of rotatable bonds is 2. The summed E-state index contributed by atoms with van der Waals surface area (Å²) in [7, 11) is 0. The highest BCUT2D eigenvalue weighted by atomic mass is 16.4. The molecule has 0 bridgehead atoms. The number of carboxylic acid groups (broad SMARTS) is 1. The molecule has 1 aromatic rings. The van der Waals surface area contributed by atoms with Crippen molar-refractivity contribution in [2.45, 2.75) is 32.2 Å². The summed E-state index contributed by atoms with van der Waals surface area (Å²) in [5.41, 5.74) is 1.08. The van der Waals surface area contributed by atoms with Crippen LogP contribution in [0.2, 0.25) is 0 Å². The molecule has 0 aromatic carbocycles. The lowest BCUT2D eigenvalue weighted by Crippen LogP contribution is -2.21. The van der Waals surface area contributed by atoms with Crippen LogP contribution in [-0.2, 0) is 4.79 Å². The van der Waals surface area contributed by atoms with Crippen LogP contribution in [0.3, 0.4) is 0 Å². The number of nitrogens with zero attached hydrogens (tertiary/aromatic N) is 2. The third-order valence-electron chi connectivity index (χ3n) is 2.87. The summed E-state index contributed by atoms with van der Waals surface area (Å²) in [5.74, 6) is -0.949. The van der Waals surface area contributed by atoms with E-state index in [4.69, 9.17) is 5.11 Å². The van der Waals surface area contributed by atoms with Crippen LogP contribution in [0.5, 0.6) is 0 Å². The molecule has 0 radical (unpaired) electrons. The fourth-order valence-electron chi connectivity index (χ4n) is 2.16. The number of hydrogen-bond donors (Lipinski definition) is 1. The second-order valence-corrected chi connectivity index (χ2v) is 3.94. The number of hydrogen-bond acceptors (Lipinski definition) is 2. The fourth-order valence-corrected chi connectivity index (χ4v) is 2.16. The Hall–Kier alpha value is -1.32. The molecule has 0 aliphatic heterocycles. The van der Waals surface area contributed by atoms with E-state index in [1.54, 1.807) is 10.9 Å². The first-order chi connectivity index (χ1) is 6.68.